The molecule has 1 aliphatic rings. The number of carbonyl (C=O) groups excluding carboxylic acids is 2. The molecule has 3 aromatic rings. The van der Waals surface area contributed by atoms with E-state index in [-0.39, 0.29) is 23.3 Å². The minimum atomic E-state index is -0.747. The summed E-state index contributed by atoms with van der Waals surface area (Å²) in [6.45, 7) is 5.34. The van der Waals surface area contributed by atoms with Gasteiger partial charge in [0.15, 0.2) is 0 Å². The van der Waals surface area contributed by atoms with Gasteiger partial charge < -0.3 is 10.5 Å². The molecule has 166 valence electrons. The highest BCUT2D eigenvalue weighted by Crippen LogP contribution is 2.48. The summed E-state index contributed by atoms with van der Waals surface area (Å²) in [4.78, 5) is 27.3. The molecule has 0 bridgehead atoms. The smallest absolute Gasteiger partial charge is 0.415 e. The number of primary amides is 1. The first-order chi connectivity index (χ1) is 15.2. The van der Waals surface area contributed by atoms with Gasteiger partial charge in [-0.05, 0) is 63.1 Å². The third kappa shape index (κ3) is 4.34. The highest BCUT2D eigenvalue weighted by molar-refractivity contribution is 6.05. The molecule has 2 atom stereocenters. The molecule has 8 heteroatoms. The number of aromatic nitrogens is 2. The number of para-hydroxylation sites is 1. The largest absolute Gasteiger partial charge is 0.443 e. The summed E-state index contributed by atoms with van der Waals surface area (Å²) in [5.74, 6) is -1.02. The van der Waals surface area contributed by atoms with Crippen molar-refractivity contribution in [2.75, 3.05) is 4.90 Å². The van der Waals surface area contributed by atoms with Gasteiger partial charge in [0.2, 0.25) is 0 Å². The SMILES string of the molecule is CC(C)(C)OC(=O)N(c1c(C(N)=O)cccc1-n1cccn1)[C@@H]1C[C@H]1c1ccc(F)cc1. The van der Waals surface area contributed by atoms with Crippen LogP contribution in [0.5, 0.6) is 0 Å². The number of hydrogen-bond acceptors (Lipinski definition) is 4. The van der Waals surface area contributed by atoms with Gasteiger partial charge in [0.05, 0.1) is 16.9 Å². The average Bonchev–Trinajstić information content (AvgIpc) is 3.29. The van der Waals surface area contributed by atoms with E-state index in [4.69, 9.17) is 10.5 Å². The number of carbonyl (C=O) groups is 2. The van der Waals surface area contributed by atoms with Crippen molar-refractivity contribution < 1.29 is 18.7 Å². The van der Waals surface area contributed by atoms with Crippen molar-refractivity contribution in [1.82, 2.24) is 9.78 Å². The van der Waals surface area contributed by atoms with E-state index in [1.807, 2.05) is 0 Å². The van der Waals surface area contributed by atoms with Crippen molar-refractivity contribution >= 4 is 17.7 Å². The molecule has 7 nitrogen and oxygen atoms in total. The first-order valence-electron chi connectivity index (χ1n) is 10.4. The number of rotatable bonds is 5. The van der Waals surface area contributed by atoms with Gasteiger partial charge in [0, 0.05) is 24.4 Å². The standard InChI is InChI=1S/C24H25FN4O3/c1-24(2,3)32-23(31)29(20-14-18(20)15-8-10-16(25)11-9-15)21-17(22(26)30)6-4-7-19(21)28-13-5-12-27-28/h4-13,18,20H,14H2,1-3H3,(H2,26,30)/t18-,20+/m0/s1. The van der Waals surface area contributed by atoms with Crippen LogP contribution in [0.2, 0.25) is 0 Å². The Bertz CT molecular complexity index is 1140. The van der Waals surface area contributed by atoms with Gasteiger partial charge in [0.25, 0.3) is 5.91 Å². The summed E-state index contributed by atoms with van der Waals surface area (Å²) < 4.78 is 20.7. The summed E-state index contributed by atoms with van der Waals surface area (Å²) >= 11 is 0. The van der Waals surface area contributed by atoms with E-state index in [2.05, 4.69) is 5.10 Å². The van der Waals surface area contributed by atoms with Gasteiger partial charge in [-0.25, -0.2) is 13.9 Å². The third-order valence-corrected chi connectivity index (χ3v) is 5.25. The minimum absolute atomic E-state index is 0.0328. The molecule has 2 amide bonds. The zero-order chi connectivity index (χ0) is 23.0. The third-order valence-electron chi connectivity index (χ3n) is 5.25. The predicted molar refractivity (Wildman–Crippen MR) is 118 cm³/mol. The average molecular weight is 436 g/mol. The predicted octanol–water partition coefficient (Wildman–Crippen LogP) is 4.41. The van der Waals surface area contributed by atoms with Crippen LogP contribution in [-0.2, 0) is 4.74 Å². The van der Waals surface area contributed by atoms with E-state index in [0.29, 0.717) is 17.8 Å². The second-order valence-electron chi connectivity index (χ2n) is 8.80. The Kier molecular flexibility index (Phi) is 5.46. The minimum Gasteiger partial charge on any atom is -0.443 e. The topological polar surface area (TPSA) is 90.5 Å². The lowest BCUT2D eigenvalue weighted by Crippen LogP contribution is -2.40. The van der Waals surface area contributed by atoms with Crippen molar-refractivity contribution in [1.29, 1.82) is 0 Å². The molecule has 0 aliphatic heterocycles. The Morgan fingerprint density at radius 2 is 1.88 bits per heavy atom. The molecule has 1 fully saturated rings. The number of hydrogen-bond donors (Lipinski definition) is 1. The molecule has 2 N–H and O–H groups in total. The quantitative estimate of drug-likeness (QED) is 0.642. The summed E-state index contributed by atoms with van der Waals surface area (Å²) in [7, 11) is 0. The normalized spacial score (nSPS) is 17.6. The molecule has 4 rings (SSSR count). The lowest BCUT2D eigenvalue weighted by atomic mass is 10.1. The summed E-state index contributed by atoms with van der Waals surface area (Å²) in [5.41, 5.74) is 6.91. The van der Waals surface area contributed by atoms with Crippen LogP contribution in [-0.4, -0.2) is 33.4 Å². The van der Waals surface area contributed by atoms with E-state index in [1.165, 1.54) is 17.0 Å². The Morgan fingerprint density at radius 3 is 2.47 bits per heavy atom. The first-order valence-corrected chi connectivity index (χ1v) is 10.4. The maximum absolute atomic E-state index is 13.4. The zero-order valence-electron chi connectivity index (χ0n) is 18.2. The maximum Gasteiger partial charge on any atom is 0.415 e. The van der Waals surface area contributed by atoms with Crippen molar-refractivity contribution in [2.45, 2.75) is 44.8 Å². The van der Waals surface area contributed by atoms with Crippen molar-refractivity contribution in [2.24, 2.45) is 5.73 Å². The number of halogens is 1. The molecule has 0 saturated heterocycles. The van der Waals surface area contributed by atoms with Gasteiger partial charge in [-0.1, -0.05) is 18.2 Å². The van der Waals surface area contributed by atoms with Crippen LogP contribution < -0.4 is 10.6 Å². The molecule has 0 spiro atoms. The molecule has 1 heterocycles. The monoisotopic (exact) mass is 436 g/mol. The Hall–Kier alpha value is -3.68. The number of anilines is 1. The molecule has 32 heavy (non-hydrogen) atoms. The number of amides is 2. The van der Waals surface area contributed by atoms with E-state index < -0.39 is 17.6 Å². The van der Waals surface area contributed by atoms with E-state index in [9.17, 15) is 14.0 Å². The van der Waals surface area contributed by atoms with Crippen molar-refractivity contribution in [3.63, 3.8) is 0 Å². The van der Waals surface area contributed by atoms with Crippen LogP contribution in [0.25, 0.3) is 5.69 Å². The summed E-state index contributed by atoms with van der Waals surface area (Å²) in [6.07, 6.45) is 3.38. The van der Waals surface area contributed by atoms with Crippen molar-refractivity contribution in [3.8, 4) is 5.69 Å². The van der Waals surface area contributed by atoms with Gasteiger partial charge in [-0.3, -0.25) is 9.69 Å². The molecule has 2 aromatic carbocycles. The van der Waals surface area contributed by atoms with E-state index >= 15 is 0 Å². The highest BCUT2D eigenvalue weighted by atomic mass is 19.1. The second-order valence-corrected chi connectivity index (χ2v) is 8.80. The van der Waals surface area contributed by atoms with Crippen LogP contribution in [0.3, 0.4) is 0 Å². The van der Waals surface area contributed by atoms with Gasteiger partial charge >= 0.3 is 6.09 Å². The molecule has 0 radical (unpaired) electrons. The Morgan fingerprint density at radius 1 is 1.16 bits per heavy atom. The van der Waals surface area contributed by atoms with Crippen LogP contribution in [0, 0.1) is 5.82 Å². The Balaban J connectivity index is 1.83. The zero-order valence-corrected chi connectivity index (χ0v) is 18.2. The van der Waals surface area contributed by atoms with Gasteiger partial charge in [-0.15, -0.1) is 0 Å². The molecule has 1 aliphatic carbocycles. The fraction of sp³-hybridized carbons (Fsp3) is 0.292. The van der Waals surface area contributed by atoms with Crippen LogP contribution >= 0.6 is 0 Å². The molecular weight excluding hydrogens is 411 g/mol. The Labute approximate surface area is 185 Å². The lowest BCUT2D eigenvalue weighted by molar-refractivity contribution is 0.0577. The first kappa shape index (κ1) is 21.5. The van der Waals surface area contributed by atoms with Gasteiger partial charge in [0.1, 0.15) is 11.4 Å². The second kappa shape index (κ2) is 8.11. The van der Waals surface area contributed by atoms with Crippen molar-refractivity contribution in [3.05, 3.63) is 77.9 Å². The molecule has 1 aromatic heterocycles. The molecular formula is C24H25FN4O3. The van der Waals surface area contributed by atoms with Crippen LogP contribution in [0.4, 0.5) is 14.9 Å². The number of ether oxygens (including phenoxy) is 1. The highest BCUT2D eigenvalue weighted by Gasteiger charge is 2.48. The summed E-state index contributed by atoms with van der Waals surface area (Å²) in [5, 5.41) is 4.27. The summed E-state index contributed by atoms with van der Waals surface area (Å²) in [6, 6.07) is 12.7. The van der Waals surface area contributed by atoms with E-state index in [1.54, 1.807) is 74.2 Å². The fourth-order valence-electron chi connectivity index (χ4n) is 3.82. The van der Waals surface area contributed by atoms with E-state index in [0.717, 1.165) is 5.56 Å². The van der Waals surface area contributed by atoms with Crippen LogP contribution in [0.1, 0.15) is 49.0 Å². The fourth-order valence-corrected chi connectivity index (χ4v) is 3.82. The lowest BCUT2D eigenvalue weighted by Gasteiger charge is -2.30. The number of benzene rings is 2. The van der Waals surface area contributed by atoms with Crippen LogP contribution in [0.15, 0.2) is 60.9 Å². The number of nitrogens with zero attached hydrogens (tertiary/aromatic N) is 3. The molecule has 0 unspecified atom stereocenters. The maximum atomic E-state index is 13.4. The van der Waals surface area contributed by atoms with Gasteiger partial charge in [-0.2, -0.15) is 5.10 Å². The number of nitrogens with two attached hydrogens (primary N) is 1. The molecule has 1 saturated carbocycles.